The summed E-state index contributed by atoms with van der Waals surface area (Å²) in [7, 11) is 0. The first-order valence-corrected chi connectivity index (χ1v) is 8.01. The van der Waals surface area contributed by atoms with E-state index < -0.39 is 0 Å². The minimum Gasteiger partial charge on any atom is -0.325 e. The molecule has 2 heterocycles. The Labute approximate surface area is 139 Å². The maximum absolute atomic E-state index is 12.2. The lowest BCUT2D eigenvalue weighted by molar-refractivity contribution is -0.117. The van der Waals surface area contributed by atoms with Crippen molar-refractivity contribution in [2.24, 2.45) is 5.41 Å². The number of hydrogen-bond donors (Lipinski definition) is 2. The van der Waals surface area contributed by atoms with Crippen molar-refractivity contribution in [1.29, 1.82) is 0 Å². The molecule has 4 nitrogen and oxygen atoms in total. The van der Waals surface area contributed by atoms with E-state index in [-0.39, 0.29) is 18.3 Å². The van der Waals surface area contributed by atoms with E-state index in [1.54, 1.807) is 0 Å². The summed E-state index contributed by atoms with van der Waals surface area (Å²) in [6.07, 6.45) is 3.50. The molecule has 0 radical (unpaired) electrons. The minimum atomic E-state index is 0. The molecule has 3 rings (SSSR count). The highest BCUT2D eigenvalue weighted by Crippen LogP contribution is 2.35. The van der Waals surface area contributed by atoms with Gasteiger partial charge < -0.3 is 10.6 Å². The zero-order valence-corrected chi connectivity index (χ0v) is 14.0. The summed E-state index contributed by atoms with van der Waals surface area (Å²) >= 11 is 0. The van der Waals surface area contributed by atoms with Crippen molar-refractivity contribution in [2.75, 3.05) is 38.0 Å². The Kier molecular flexibility index (Phi) is 5.84. The molecule has 1 unspecified atom stereocenters. The van der Waals surface area contributed by atoms with Crippen LogP contribution in [0.3, 0.4) is 0 Å². The van der Waals surface area contributed by atoms with Crippen molar-refractivity contribution in [2.45, 2.75) is 26.2 Å². The van der Waals surface area contributed by atoms with Gasteiger partial charge in [-0.15, -0.1) is 12.4 Å². The van der Waals surface area contributed by atoms with Gasteiger partial charge in [0.15, 0.2) is 0 Å². The van der Waals surface area contributed by atoms with Gasteiger partial charge in [-0.25, -0.2) is 0 Å². The summed E-state index contributed by atoms with van der Waals surface area (Å²) < 4.78 is 0. The fourth-order valence-corrected chi connectivity index (χ4v) is 3.53. The number of anilines is 1. The van der Waals surface area contributed by atoms with E-state index in [0.29, 0.717) is 12.0 Å². The zero-order chi connectivity index (χ0) is 14.7. The van der Waals surface area contributed by atoms with Crippen LogP contribution in [-0.4, -0.2) is 43.5 Å². The second kappa shape index (κ2) is 7.44. The van der Waals surface area contributed by atoms with Gasteiger partial charge >= 0.3 is 0 Å². The number of rotatable bonds is 4. The number of nitrogens with one attached hydrogen (secondary N) is 2. The van der Waals surface area contributed by atoms with Crippen LogP contribution in [0.1, 0.15) is 25.3 Å². The quantitative estimate of drug-likeness (QED) is 0.893. The topological polar surface area (TPSA) is 44.4 Å². The lowest BCUT2D eigenvalue weighted by atomic mass is 9.87. The van der Waals surface area contributed by atoms with Crippen LogP contribution in [0.4, 0.5) is 5.69 Å². The molecular formula is C17H26ClN3O. The van der Waals surface area contributed by atoms with Gasteiger partial charge in [0.25, 0.3) is 0 Å². The van der Waals surface area contributed by atoms with Crippen molar-refractivity contribution >= 4 is 24.0 Å². The second-order valence-corrected chi connectivity index (χ2v) is 6.49. The predicted molar refractivity (Wildman–Crippen MR) is 92.7 cm³/mol. The van der Waals surface area contributed by atoms with Crippen LogP contribution in [0, 0.1) is 5.41 Å². The first-order valence-electron chi connectivity index (χ1n) is 8.01. The van der Waals surface area contributed by atoms with Crippen molar-refractivity contribution in [3.63, 3.8) is 0 Å². The van der Waals surface area contributed by atoms with Gasteiger partial charge in [-0.1, -0.05) is 19.1 Å². The van der Waals surface area contributed by atoms with Gasteiger partial charge in [-0.3, -0.25) is 9.69 Å². The van der Waals surface area contributed by atoms with Crippen LogP contribution in [0.2, 0.25) is 0 Å². The van der Waals surface area contributed by atoms with Gasteiger partial charge in [-0.2, -0.15) is 0 Å². The van der Waals surface area contributed by atoms with Crippen LogP contribution in [0.15, 0.2) is 24.3 Å². The largest absolute Gasteiger partial charge is 0.325 e. The molecule has 2 N–H and O–H groups in total. The number of carbonyl (C=O) groups is 1. The summed E-state index contributed by atoms with van der Waals surface area (Å²) in [6.45, 7) is 6.99. The molecule has 122 valence electrons. The van der Waals surface area contributed by atoms with Gasteiger partial charge in [0, 0.05) is 18.8 Å². The number of nitrogens with zero attached hydrogens (tertiary/aromatic N) is 1. The van der Waals surface area contributed by atoms with Crippen molar-refractivity contribution in [3.8, 4) is 0 Å². The molecule has 1 atom stereocenters. The molecule has 1 amide bonds. The molecule has 1 aromatic rings. The van der Waals surface area contributed by atoms with Crippen LogP contribution >= 0.6 is 12.4 Å². The summed E-state index contributed by atoms with van der Waals surface area (Å²) in [5, 5.41) is 6.46. The molecule has 22 heavy (non-hydrogen) atoms. The summed E-state index contributed by atoms with van der Waals surface area (Å²) in [5.41, 5.74) is 2.63. The molecule has 2 aliphatic heterocycles. The number of amides is 1. The van der Waals surface area contributed by atoms with E-state index in [4.69, 9.17) is 0 Å². The van der Waals surface area contributed by atoms with E-state index in [0.717, 1.165) is 38.3 Å². The average Bonchev–Trinajstić information content (AvgIpc) is 3.10. The van der Waals surface area contributed by atoms with E-state index in [1.165, 1.54) is 18.4 Å². The molecule has 5 heteroatoms. The number of likely N-dealkylation sites (tertiary alicyclic amines) is 1. The number of benzene rings is 1. The van der Waals surface area contributed by atoms with E-state index in [9.17, 15) is 4.79 Å². The van der Waals surface area contributed by atoms with Gasteiger partial charge in [0.05, 0.1) is 6.54 Å². The SMILES string of the molecule is CCc1ccc(NC(=O)CN2CCC3(CCNC3)C2)cc1.Cl. The molecule has 0 aromatic heterocycles. The highest BCUT2D eigenvalue weighted by Gasteiger charge is 2.40. The summed E-state index contributed by atoms with van der Waals surface area (Å²) in [4.78, 5) is 14.5. The van der Waals surface area contributed by atoms with Crippen LogP contribution < -0.4 is 10.6 Å². The molecule has 1 spiro atoms. The van der Waals surface area contributed by atoms with E-state index in [2.05, 4.69) is 34.6 Å². The summed E-state index contributed by atoms with van der Waals surface area (Å²) in [6, 6.07) is 8.13. The first-order chi connectivity index (χ1) is 10.2. The minimum absolute atomic E-state index is 0. The Bertz CT molecular complexity index is 497. The van der Waals surface area contributed by atoms with Crippen molar-refractivity contribution < 1.29 is 4.79 Å². The third-order valence-electron chi connectivity index (χ3n) is 4.86. The second-order valence-electron chi connectivity index (χ2n) is 6.49. The van der Waals surface area contributed by atoms with E-state index in [1.807, 2.05) is 12.1 Å². The summed E-state index contributed by atoms with van der Waals surface area (Å²) in [5.74, 6) is 0.0993. The van der Waals surface area contributed by atoms with Crippen LogP contribution in [0.5, 0.6) is 0 Å². The number of halogens is 1. The Morgan fingerprint density at radius 2 is 2.09 bits per heavy atom. The third-order valence-corrected chi connectivity index (χ3v) is 4.86. The highest BCUT2D eigenvalue weighted by atomic mass is 35.5. The molecular weight excluding hydrogens is 298 g/mol. The lowest BCUT2D eigenvalue weighted by Gasteiger charge is -2.22. The van der Waals surface area contributed by atoms with Gasteiger partial charge in [0.1, 0.15) is 0 Å². The Morgan fingerprint density at radius 3 is 2.73 bits per heavy atom. The molecule has 2 fully saturated rings. The van der Waals surface area contributed by atoms with Gasteiger partial charge in [-0.05, 0) is 55.5 Å². The maximum Gasteiger partial charge on any atom is 0.238 e. The van der Waals surface area contributed by atoms with Crippen molar-refractivity contribution in [3.05, 3.63) is 29.8 Å². The Morgan fingerprint density at radius 1 is 1.32 bits per heavy atom. The molecule has 0 bridgehead atoms. The molecule has 2 aliphatic rings. The normalized spacial score (nSPS) is 24.4. The molecule has 0 saturated carbocycles. The zero-order valence-electron chi connectivity index (χ0n) is 13.2. The number of hydrogen-bond acceptors (Lipinski definition) is 3. The monoisotopic (exact) mass is 323 g/mol. The molecule has 0 aliphatic carbocycles. The van der Waals surface area contributed by atoms with Crippen LogP contribution in [0.25, 0.3) is 0 Å². The fraction of sp³-hybridized carbons (Fsp3) is 0.588. The number of aryl methyl sites for hydroxylation is 1. The lowest BCUT2D eigenvalue weighted by Crippen LogP contribution is -2.34. The molecule has 1 aromatic carbocycles. The standard InChI is InChI=1S/C17H25N3O.ClH/c1-2-14-3-5-15(6-4-14)19-16(21)11-20-10-8-17(13-20)7-9-18-12-17;/h3-6,18H,2,7-13H2,1H3,(H,19,21);1H. The van der Waals surface area contributed by atoms with Gasteiger partial charge in [0.2, 0.25) is 5.91 Å². The Balaban J connectivity index is 0.00000176. The average molecular weight is 324 g/mol. The fourth-order valence-electron chi connectivity index (χ4n) is 3.53. The Hall–Kier alpha value is -1.10. The molecule has 2 saturated heterocycles. The highest BCUT2D eigenvalue weighted by molar-refractivity contribution is 5.92. The van der Waals surface area contributed by atoms with Crippen LogP contribution in [-0.2, 0) is 11.2 Å². The smallest absolute Gasteiger partial charge is 0.238 e. The predicted octanol–water partition coefficient (Wildman–Crippen LogP) is 2.29. The van der Waals surface area contributed by atoms with Crippen molar-refractivity contribution in [1.82, 2.24) is 10.2 Å². The third kappa shape index (κ3) is 4.00. The number of carbonyl (C=O) groups excluding carboxylic acids is 1. The first kappa shape index (κ1) is 17.3. The maximum atomic E-state index is 12.2. The van der Waals surface area contributed by atoms with E-state index >= 15 is 0 Å².